The number of hydrogen-bond acceptors (Lipinski definition) is 11. The minimum absolute atomic E-state index is 0.0132. The highest BCUT2D eigenvalue weighted by Gasteiger charge is 2.34. The van der Waals surface area contributed by atoms with Crippen LogP contribution in [0.25, 0.3) is 0 Å². The number of carbonyl (C=O) groups is 7. The summed E-state index contributed by atoms with van der Waals surface area (Å²) in [7, 11) is 1.15. The van der Waals surface area contributed by atoms with Gasteiger partial charge >= 0.3 is 24.1 Å². The maximum Gasteiger partial charge on any atom is 0.408 e. The van der Waals surface area contributed by atoms with Crippen molar-refractivity contribution in [1.82, 2.24) is 21.3 Å². The van der Waals surface area contributed by atoms with Crippen molar-refractivity contribution >= 4 is 41.8 Å². The quantitative estimate of drug-likeness (QED) is 0.111. The molecule has 0 radical (unpaired) electrons. The van der Waals surface area contributed by atoms with Crippen molar-refractivity contribution in [2.75, 3.05) is 7.11 Å². The molecule has 0 fully saturated rings. The molecule has 0 saturated heterocycles. The van der Waals surface area contributed by atoms with Crippen molar-refractivity contribution in [3.8, 4) is 0 Å². The zero-order valence-electron chi connectivity index (χ0n) is 30.3. The number of nitrogens with two attached hydrogens (primary N) is 1. The highest BCUT2D eigenvalue weighted by Crippen LogP contribution is 2.12. The molecule has 5 atom stereocenters. The summed E-state index contributed by atoms with van der Waals surface area (Å²) < 4.78 is 20.6. The minimum atomic E-state index is -1.47. The van der Waals surface area contributed by atoms with Gasteiger partial charge in [0.15, 0.2) is 0 Å². The lowest BCUT2D eigenvalue weighted by Gasteiger charge is -2.26. The first-order valence-corrected chi connectivity index (χ1v) is 16.7. The van der Waals surface area contributed by atoms with E-state index >= 15 is 0 Å². The minimum Gasteiger partial charge on any atom is -0.467 e. The van der Waals surface area contributed by atoms with E-state index in [1.807, 2.05) is 6.07 Å². The zero-order valence-corrected chi connectivity index (χ0v) is 30.3. The SMILES string of the molecule is COC(=O)[C@@H](CCC[C@H](NC(=O)OC(C)(C)C)C(=O)N[C@@H](C)C(=O)N[C@@H](C(=O)OCc1ccccc1)C(C)C(N)=O)NC(=O)OCc1ccccc1. The van der Waals surface area contributed by atoms with Crippen LogP contribution in [0.5, 0.6) is 0 Å². The highest BCUT2D eigenvalue weighted by atomic mass is 16.6. The summed E-state index contributed by atoms with van der Waals surface area (Å²) in [6.07, 6.45) is -1.78. The molecule has 2 aromatic carbocycles. The number of esters is 2. The number of primary amides is 1. The van der Waals surface area contributed by atoms with E-state index in [9.17, 15) is 33.6 Å². The average Bonchev–Trinajstić information content (AvgIpc) is 3.10. The predicted octanol–water partition coefficient (Wildman–Crippen LogP) is 2.37. The van der Waals surface area contributed by atoms with Crippen LogP contribution in [0.4, 0.5) is 9.59 Å². The Hall–Kier alpha value is -5.67. The van der Waals surface area contributed by atoms with Crippen LogP contribution in [0.15, 0.2) is 60.7 Å². The summed E-state index contributed by atoms with van der Waals surface area (Å²) in [5.74, 6) is -5.35. The van der Waals surface area contributed by atoms with Crippen LogP contribution >= 0.6 is 0 Å². The largest absolute Gasteiger partial charge is 0.467 e. The van der Waals surface area contributed by atoms with Gasteiger partial charge in [-0.25, -0.2) is 19.2 Å². The third-order valence-electron chi connectivity index (χ3n) is 7.46. The molecule has 0 spiro atoms. The van der Waals surface area contributed by atoms with E-state index in [2.05, 4.69) is 21.3 Å². The van der Waals surface area contributed by atoms with Crippen molar-refractivity contribution in [3.63, 3.8) is 0 Å². The van der Waals surface area contributed by atoms with E-state index < -0.39 is 77.5 Å². The molecule has 0 aliphatic heterocycles. The van der Waals surface area contributed by atoms with Gasteiger partial charge in [0, 0.05) is 0 Å². The average molecular weight is 728 g/mol. The van der Waals surface area contributed by atoms with Crippen LogP contribution < -0.4 is 27.0 Å². The second kappa shape index (κ2) is 20.9. The number of benzene rings is 2. The van der Waals surface area contributed by atoms with Gasteiger partial charge in [-0.15, -0.1) is 0 Å². The summed E-state index contributed by atoms with van der Waals surface area (Å²) in [4.78, 5) is 89.1. The fourth-order valence-corrected chi connectivity index (χ4v) is 4.57. The number of alkyl carbamates (subject to hydrolysis) is 2. The second-order valence-corrected chi connectivity index (χ2v) is 12.9. The molecule has 0 aliphatic carbocycles. The Kier molecular flexibility index (Phi) is 17.1. The lowest BCUT2D eigenvalue weighted by Crippen LogP contribution is -2.57. The maximum absolute atomic E-state index is 13.4. The molecular weight excluding hydrogens is 678 g/mol. The highest BCUT2D eigenvalue weighted by molar-refractivity contribution is 5.94. The van der Waals surface area contributed by atoms with Crippen LogP contribution in [0.3, 0.4) is 0 Å². The van der Waals surface area contributed by atoms with E-state index in [0.29, 0.717) is 5.56 Å². The third-order valence-corrected chi connectivity index (χ3v) is 7.46. The molecule has 16 heteroatoms. The molecule has 0 heterocycles. The van der Waals surface area contributed by atoms with Crippen LogP contribution in [-0.2, 0) is 56.1 Å². The number of carbonyl (C=O) groups excluding carboxylic acids is 7. The first-order chi connectivity index (χ1) is 24.5. The standard InChI is InChI=1S/C36H49N5O11/c1-22(29(37)42)28(33(46)50-20-24-14-9-7-10-15-24)41-30(43)23(2)38-31(44)26(39-35(48)52-36(3,4)5)18-13-19-27(32(45)49-6)40-34(47)51-21-25-16-11-8-12-17-25/h7-12,14-17,22-23,26-28H,13,18-21H2,1-6H3,(H2,37,42)(H,38,44)(H,39,48)(H,40,47)(H,41,43)/t22?,23-,26-,27+,28+/m0/s1. The van der Waals surface area contributed by atoms with Gasteiger partial charge < -0.3 is 45.9 Å². The Balaban J connectivity index is 2.10. The van der Waals surface area contributed by atoms with E-state index in [-0.39, 0.29) is 32.5 Å². The third kappa shape index (κ3) is 15.5. The van der Waals surface area contributed by atoms with Gasteiger partial charge in [-0.3, -0.25) is 14.4 Å². The molecule has 5 amide bonds. The normalized spacial score (nSPS) is 13.8. The summed E-state index contributed by atoms with van der Waals surface area (Å²) in [6.45, 7) is 7.41. The summed E-state index contributed by atoms with van der Waals surface area (Å²) in [5.41, 5.74) is 5.93. The van der Waals surface area contributed by atoms with Crippen molar-refractivity contribution in [1.29, 1.82) is 0 Å². The molecule has 52 heavy (non-hydrogen) atoms. The monoisotopic (exact) mass is 727 g/mol. The van der Waals surface area contributed by atoms with E-state index in [1.54, 1.807) is 75.4 Å². The Morgan fingerprint density at radius 2 is 1.19 bits per heavy atom. The molecule has 2 rings (SSSR count). The smallest absolute Gasteiger partial charge is 0.408 e. The van der Waals surface area contributed by atoms with Gasteiger partial charge in [-0.05, 0) is 58.1 Å². The molecular formula is C36H49N5O11. The lowest BCUT2D eigenvalue weighted by atomic mass is 10.0. The molecule has 0 saturated carbocycles. The molecule has 1 unspecified atom stereocenters. The summed E-state index contributed by atoms with van der Waals surface area (Å²) in [6, 6.07) is 12.5. The number of methoxy groups -OCH3 is 1. The molecule has 16 nitrogen and oxygen atoms in total. The Labute approximate surface area is 302 Å². The van der Waals surface area contributed by atoms with E-state index in [1.165, 1.54) is 13.8 Å². The number of nitrogens with one attached hydrogen (secondary N) is 4. The molecule has 284 valence electrons. The van der Waals surface area contributed by atoms with Gasteiger partial charge in [0.05, 0.1) is 13.0 Å². The van der Waals surface area contributed by atoms with Crippen molar-refractivity contribution in [2.24, 2.45) is 11.7 Å². The van der Waals surface area contributed by atoms with Gasteiger partial charge in [0.2, 0.25) is 17.7 Å². The maximum atomic E-state index is 13.4. The Morgan fingerprint density at radius 1 is 0.673 bits per heavy atom. The van der Waals surface area contributed by atoms with Crippen molar-refractivity contribution < 1.29 is 52.5 Å². The van der Waals surface area contributed by atoms with Crippen molar-refractivity contribution in [3.05, 3.63) is 71.8 Å². The first-order valence-electron chi connectivity index (χ1n) is 16.7. The van der Waals surface area contributed by atoms with E-state index in [0.717, 1.165) is 12.7 Å². The van der Waals surface area contributed by atoms with E-state index in [4.69, 9.17) is 24.7 Å². The van der Waals surface area contributed by atoms with Crippen LogP contribution in [0.2, 0.25) is 0 Å². The second-order valence-electron chi connectivity index (χ2n) is 12.9. The topological polar surface area (TPSA) is 231 Å². The Morgan fingerprint density at radius 3 is 1.71 bits per heavy atom. The van der Waals surface area contributed by atoms with Crippen molar-refractivity contribution in [2.45, 2.75) is 96.9 Å². The predicted molar refractivity (Wildman–Crippen MR) is 187 cm³/mol. The molecule has 0 aromatic heterocycles. The zero-order chi connectivity index (χ0) is 38.8. The van der Waals surface area contributed by atoms with Gasteiger partial charge in [0.25, 0.3) is 0 Å². The van der Waals surface area contributed by atoms with Gasteiger partial charge in [-0.1, -0.05) is 67.6 Å². The number of hydrogen-bond donors (Lipinski definition) is 5. The molecule has 0 bridgehead atoms. The Bertz CT molecular complexity index is 1520. The molecule has 6 N–H and O–H groups in total. The van der Waals surface area contributed by atoms with Gasteiger partial charge in [0.1, 0.15) is 43.0 Å². The molecule has 0 aliphatic rings. The number of ether oxygens (including phenoxy) is 4. The lowest BCUT2D eigenvalue weighted by molar-refractivity contribution is -0.152. The van der Waals surface area contributed by atoms with Crippen LogP contribution in [0.1, 0.15) is 65.0 Å². The fourth-order valence-electron chi connectivity index (χ4n) is 4.57. The number of amides is 5. The first kappa shape index (κ1) is 42.5. The number of rotatable bonds is 18. The summed E-state index contributed by atoms with van der Waals surface area (Å²) >= 11 is 0. The van der Waals surface area contributed by atoms with Crippen LogP contribution in [-0.4, -0.2) is 78.7 Å². The van der Waals surface area contributed by atoms with Gasteiger partial charge in [-0.2, -0.15) is 0 Å². The fraction of sp³-hybridized carbons (Fsp3) is 0.472. The van der Waals surface area contributed by atoms with Crippen LogP contribution in [0, 0.1) is 5.92 Å². The molecule has 2 aromatic rings. The summed E-state index contributed by atoms with van der Waals surface area (Å²) in [5, 5.41) is 9.83.